The van der Waals surface area contributed by atoms with E-state index in [4.69, 9.17) is 4.98 Å². The molecule has 0 bridgehead atoms. The van der Waals surface area contributed by atoms with E-state index in [1.54, 1.807) is 23.6 Å². The van der Waals surface area contributed by atoms with E-state index >= 15 is 0 Å². The Morgan fingerprint density at radius 2 is 2.06 bits per heavy atom. The minimum absolute atomic E-state index is 0.0750. The van der Waals surface area contributed by atoms with Gasteiger partial charge in [0.1, 0.15) is 16.9 Å². The third kappa shape index (κ3) is 4.14. The van der Waals surface area contributed by atoms with Crippen LogP contribution < -0.4 is 5.56 Å². The molecule has 3 aromatic heterocycles. The van der Waals surface area contributed by atoms with E-state index in [2.05, 4.69) is 58.5 Å². The first-order chi connectivity index (χ1) is 17.3. The summed E-state index contributed by atoms with van der Waals surface area (Å²) < 4.78 is 4.44. The average Bonchev–Trinajstić information content (AvgIpc) is 3.38. The van der Waals surface area contributed by atoms with Crippen LogP contribution in [0.1, 0.15) is 77.8 Å². The van der Waals surface area contributed by atoms with Crippen molar-refractivity contribution in [3.05, 3.63) is 77.9 Å². The van der Waals surface area contributed by atoms with Crippen molar-refractivity contribution in [1.82, 2.24) is 14.2 Å². The molecule has 0 aliphatic heterocycles. The summed E-state index contributed by atoms with van der Waals surface area (Å²) in [5.41, 5.74) is 5.48. The van der Waals surface area contributed by atoms with Gasteiger partial charge in [0, 0.05) is 32.2 Å². The summed E-state index contributed by atoms with van der Waals surface area (Å²) in [5, 5.41) is 16.2. The van der Waals surface area contributed by atoms with Crippen molar-refractivity contribution >= 4 is 44.4 Å². The molecule has 0 unspecified atom stereocenters. The Kier molecular flexibility index (Phi) is 6.71. The number of benzene rings is 1. The maximum absolute atomic E-state index is 13.5. The van der Waals surface area contributed by atoms with Crippen LogP contribution in [0.3, 0.4) is 0 Å². The van der Waals surface area contributed by atoms with Crippen LogP contribution in [0.5, 0.6) is 0 Å². The molecule has 4 aromatic rings. The smallest absolute Gasteiger partial charge is 0.282 e. The first-order valence-corrected chi connectivity index (χ1v) is 14.0. The van der Waals surface area contributed by atoms with Gasteiger partial charge in [0.25, 0.3) is 5.56 Å². The second-order valence-electron chi connectivity index (χ2n) is 9.47. The first-order valence-electron chi connectivity index (χ1n) is 12.3. The van der Waals surface area contributed by atoms with Crippen molar-refractivity contribution in [3.8, 4) is 11.1 Å². The van der Waals surface area contributed by atoms with Crippen molar-refractivity contribution in [1.29, 1.82) is 5.26 Å². The van der Waals surface area contributed by atoms with Gasteiger partial charge in [-0.15, -0.1) is 11.3 Å². The highest BCUT2D eigenvalue weighted by molar-refractivity contribution is 9.10. The molecule has 1 aromatic carbocycles. The van der Waals surface area contributed by atoms with Crippen molar-refractivity contribution in [2.45, 2.75) is 65.7 Å². The monoisotopic (exact) mass is 561 g/mol. The van der Waals surface area contributed by atoms with Crippen LogP contribution in [0.15, 0.2) is 38.6 Å². The Morgan fingerprint density at radius 3 is 2.81 bits per heavy atom. The lowest BCUT2D eigenvalue weighted by Crippen LogP contribution is -2.23. The molecule has 0 amide bonds. The Morgan fingerprint density at radius 1 is 1.28 bits per heavy atom. The molecule has 1 aliphatic rings. The molecule has 184 valence electrons. The molecule has 0 saturated heterocycles. The number of nitrogens with zero attached hydrogens (tertiary/aromatic N) is 5. The number of aryl methyl sites for hydroxylation is 2. The molecule has 0 saturated carbocycles. The number of nitriles is 1. The predicted molar refractivity (Wildman–Crippen MR) is 150 cm³/mol. The molecule has 0 fully saturated rings. The summed E-state index contributed by atoms with van der Waals surface area (Å²) in [4.78, 5) is 19.6. The average molecular weight is 563 g/mol. The fraction of sp³-hybridized carbons (Fsp3) is 0.357. The van der Waals surface area contributed by atoms with Gasteiger partial charge in [-0.05, 0) is 75.8 Å². The van der Waals surface area contributed by atoms with Gasteiger partial charge in [-0.25, -0.2) is 4.98 Å². The zero-order valence-corrected chi connectivity index (χ0v) is 23.3. The molecule has 8 heteroatoms. The third-order valence-corrected chi connectivity index (χ3v) is 8.91. The molecule has 0 spiro atoms. The SMILES string of the molecule is CC[C@H](C)c1nc2ccc(Br)cc2c(=O)n1N=Cc1cc(C)n(-c2sc3c(c2C#N)CCCC3)c1C. The number of aromatic nitrogens is 3. The van der Waals surface area contributed by atoms with Gasteiger partial charge in [0.2, 0.25) is 0 Å². The van der Waals surface area contributed by atoms with Gasteiger partial charge < -0.3 is 4.57 Å². The van der Waals surface area contributed by atoms with E-state index in [1.165, 1.54) is 21.5 Å². The molecule has 0 radical (unpaired) electrons. The maximum atomic E-state index is 13.5. The second kappa shape index (κ2) is 9.79. The minimum Gasteiger partial charge on any atom is -0.308 e. The molecule has 36 heavy (non-hydrogen) atoms. The van der Waals surface area contributed by atoms with E-state index in [-0.39, 0.29) is 11.5 Å². The molecule has 5 rings (SSSR count). The van der Waals surface area contributed by atoms with E-state index in [9.17, 15) is 10.1 Å². The summed E-state index contributed by atoms with van der Waals surface area (Å²) in [7, 11) is 0. The standard InChI is InChI=1S/C28H28BrN5OS/c1-5-16(2)26-32-24-11-10-20(29)13-22(24)27(35)34(26)31-15-19-12-17(3)33(18(19)4)28-23(14-30)21-8-6-7-9-25(21)36-28/h10-13,15-16H,5-9H2,1-4H3/t16-/m0/s1. The summed E-state index contributed by atoms with van der Waals surface area (Å²) in [6.45, 7) is 8.24. The van der Waals surface area contributed by atoms with Crippen LogP contribution in [-0.2, 0) is 12.8 Å². The number of hydrogen-bond donors (Lipinski definition) is 0. The van der Waals surface area contributed by atoms with Crippen LogP contribution in [0.4, 0.5) is 0 Å². The van der Waals surface area contributed by atoms with Crippen LogP contribution >= 0.6 is 27.3 Å². The van der Waals surface area contributed by atoms with Crippen molar-refractivity contribution < 1.29 is 0 Å². The quantitative estimate of drug-likeness (QED) is 0.252. The lowest BCUT2D eigenvalue weighted by atomic mass is 9.96. The van der Waals surface area contributed by atoms with E-state index in [1.807, 2.05) is 19.1 Å². The minimum atomic E-state index is -0.181. The number of halogens is 1. The Labute approximate surface area is 223 Å². The summed E-state index contributed by atoms with van der Waals surface area (Å²) in [6, 6.07) is 10.1. The number of thiophene rings is 1. The Bertz CT molecular complexity index is 1620. The predicted octanol–water partition coefficient (Wildman–Crippen LogP) is 6.77. The molecule has 0 N–H and O–H groups in total. The summed E-state index contributed by atoms with van der Waals surface area (Å²) in [5.74, 6) is 0.728. The van der Waals surface area contributed by atoms with Gasteiger partial charge in [0.05, 0.1) is 22.7 Å². The maximum Gasteiger partial charge on any atom is 0.282 e. The van der Waals surface area contributed by atoms with Crippen LogP contribution in [0.2, 0.25) is 0 Å². The molecule has 3 heterocycles. The zero-order chi connectivity index (χ0) is 25.6. The van der Waals surface area contributed by atoms with E-state index in [0.29, 0.717) is 16.7 Å². The highest BCUT2D eigenvalue weighted by Gasteiger charge is 2.24. The van der Waals surface area contributed by atoms with Gasteiger partial charge in [0.15, 0.2) is 0 Å². The second-order valence-corrected chi connectivity index (χ2v) is 11.5. The van der Waals surface area contributed by atoms with Crippen molar-refractivity contribution in [2.75, 3.05) is 0 Å². The molecule has 1 aliphatic carbocycles. The highest BCUT2D eigenvalue weighted by Crippen LogP contribution is 2.38. The lowest BCUT2D eigenvalue weighted by molar-refractivity contribution is 0.613. The van der Waals surface area contributed by atoms with Crippen LogP contribution in [-0.4, -0.2) is 20.4 Å². The largest absolute Gasteiger partial charge is 0.308 e. The van der Waals surface area contributed by atoms with Gasteiger partial charge in [-0.2, -0.15) is 15.0 Å². The van der Waals surface area contributed by atoms with E-state index < -0.39 is 0 Å². The fourth-order valence-corrected chi connectivity index (χ4v) is 6.77. The van der Waals surface area contributed by atoms with Crippen molar-refractivity contribution in [3.63, 3.8) is 0 Å². The van der Waals surface area contributed by atoms with Crippen LogP contribution in [0.25, 0.3) is 15.9 Å². The lowest BCUT2D eigenvalue weighted by Gasteiger charge is -2.14. The number of hydrogen-bond acceptors (Lipinski definition) is 5. The molecule has 1 atom stereocenters. The van der Waals surface area contributed by atoms with Gasteiger partial charge in [-0.1, -0.05) is 29.8 Å². The molecule has 6 nitrogen and oxygen atoms in total. The first kappa shape index (κ1) is 24.7. The fourth-order valence-electron chi connectivity index (χ4n) is 4.95. The number of fused-ring (bicyclic) bond motifs is 2. The van der Waals surface area contributed by atoms with Gasteiger partial charge >= 0.3 is 0 Å². The topological polar surface area (TPSA) is 76.0 Å². The molecular formula is C28H28BrN5OS. The molecular weight excluding hydrogens is 534 g/mol. The van der Waals surface area contributed by atoms with Crippen molar-refractivity contribution in [2.24, 2.45) is 5.10 Å². The summed E-state index contributed by atoms with van der Waals surface area (Å²) in [6.07, 6.45) is 6.95. The Hall–Kier alpha value is -3.02. The van der Waals surface area contributed by atoms with E-state index in [0.717, 1.165) is 57.7 Å². The number of rotatable bonds is 5. The highest BCUT2D eigenvalue weighted by atomic mass is 79.9. The Balaban J connectivity index is 1.63. The normalized spacial score (nSPS) is 14.3. The third-order valence-electron chi connectivity index (χ3n) is 7.14. The van der Waals surface area contributed by atoms with Gasteiger partial charge in [-0.3, -0.25) is 4.79 Å². The van der Waals surface area contributed by atoms with Crippen LogP contribution in [0, 0.1) is 25.2 Å². The zero-order valence-electron chi connectivity index (χ0n) is 20.9. The summed E-state index contributed by atoms with van der Waals surface area (Å²) >= 11 is 5.20.